The summed E-state index contributed by atoms with van der Waals surface area (Å²) in [5.74, 6) is -2.05. The number of imide groups is 1. The molecule has 3 aliphatic rings. The highest BCUT2D eigenvalue weighted by molar-refractivity contribution is 6.15. The number of rotatable bonds is 3. The molecule has 0 aliphatic carbocycles. The number of fused-ring (bicyclic) bond motifs is 4. The van der Waals surface area contributed by atoms with Gasteiger partial charge in [0.2, 0.25) is 17.7 Å². The van der Waals surface area contributed by atoms with E-state index in [9.17, 15) is 14.4 Å². The first-order valence-electron chi connectivity index (χ1n) is 8.47. The van der Waals surface area contributed by atoms with Crippen LogP contribution in [0.5, 0.6) is 0 Å². The van der Waals surface area contributed by atoms with E-state index >= 15 is 0 Å². The summed E-state index contributed by atoms with van der Waals surface area (Å²) in [6.45, 7) is 4.28. The van der Waals surface area contributed by atoms with Crippen LogP contribution in [0.2, 0.25) is 0 Å². The maximum absolute atomic E-state index is 13.1. The van der Waals surface area contributed by atoms with E-state index in [0.717, 1.165) is 16.8 Å². The topological polar surface area (TPSA) is 87.7 Å². The Bertz CT molecular complexity index is 793. The number of hydrogen-bond donors (Lipinski definition) is 2. The Labute approximate surface area is 145 Å². The van der Waals surface area contributed by atoms with Gasteiger partial charge < -0.3 is 10.1 Å². The summed E-state index contributed by atoms with van der Waals surface area (Å²) in [4.78, 5) is 40.1. The van der Waals surface area contributed by atoms with Crippen molar-refractivity contribution in [1.82, 2.24) is 10.2 Å². The quantitative estimate of drug-likeness (QED) is 0.775. The highest BCUT2D eigenvalue weighted by Gasteiger charge is 2.69. The molecule has 1 spiro atoms. The number of likely N-dealkylation sites (tertiary alicyclic amines) is 1. The molecule has 3 aliphatic heterocycles. The number of methoxy groups -OCH3 is 1. The lowest BCUT2D eigenvalue weighted by Gasteiger charge is -2.29. The van der Waals surface area contributed by atoms with E-state index in [1.165, 1.54) is 12.0 Å². The summed E-state index contributed by atoms with van der Waals surface area (Å²) in [6.07, 6.45) is 0. The summed E-state index contributed by atoms with van der Waals surface area (Å²) in [7, 11) is 1.53. The van der Waals surface area contributed by atoms with Crippen molar-refractivity contribution in [2.24, 2.45) is 11.8 Å². The van der Waals surface area contributed by atoms with Crippen molar-refractivity contribution >= 4 is 23.4 Å². The Balaban J connectivity index is 1.84. The lowest BCUT2D eigenvalue weighted by molar-refractivity contribution is -0.143. The first-order valence-corrected chi connectivity index (χ1v) is 8.47. The molecule has 4 atom stereocenters. The van der Waals surface area contributed by atoms with Gasteiger partial charge in [0.1, 0.15) is 5.54 Å². The lowest BCUT2D eigenvalue weighted by atomic mass is 9.76. The van der Waals surface area contributed by atoms with E-state index < -0.39 is 17.4 Å². The van der Waals surface area contributed by atoms with E-state index in [0.29, 0.717) is 0 Å². The maximum atomic E-state index is 13.1. The van der Waals surface area contributed by atoms with Gasteiger partial charge >= 0.3 is 0 Å². The highest BCUT2D eigenvalue weighted by atomic mass is 16.5. The monoisotopic (exact) mass is 343 g/mol. The molecular weight excluding hydrogens is 322 g/mol. The van der Waals surface area contributed by atoms with Crippen LogP contribution in [-0.2, 0) is 24.7 Å². The number of para-hydroxylation sites is 1. The van der Waals surface area contributed by atoms with Crippen molar-refractivity contribution < 1.29 is 19.1 Å². The molecule has 4 rings (SSSR count). The summed E-state index contributed by atoms with van der Waals surface area (Å²) in [6, 6.07) is 5.38. The molecule has 2 N–H and O–H groups in total. The largest absolute Gasteiger partial charge is 0.383 e. The van der Waals surface area contributed by atoms with Crippen LogP contribution in [0, 0.1) is 18.8 Å². The van der Waals surface area contributed by atoms with Crippen LogP contribution in [0.4, 0.5) is 5.69 Å². The minimum atomic E-state index is -1.18. The second-order valence-electron chi connectivity index (χ2n) is 7.02. The summed E-state index contributed by atoms with van der Waals surface area (Å²) >= 11 is 0. The Morgan fingerprint density at radius 1 is 1.24 bits per heavy atom. The van der Waals surface area contributed by atoms with E-state index in [2.05, 4.69) is 10.6 Å². The molecule has 0 bridgehead atoms. The number of amides is 3. The molecular formula is C18H21N3O4. The third kappa shape index (κ3) is 1.90. The van der Waals surface area contributed by atoms with Gasteiger partial charge in [-0.3, -0.25) is 24.6 Å². The molecule has 132 valence electrons. The molecule has 2 fully saturated rings. The molecule has 1 aromatic rings. The Hall–Kier alpha value is -2.25. The first kappa shape index (κ1) is 16.2. The number of aryl methyl sites for hydroxylation is 1. The molecule has 1 aromatic carbocycles. The van der Waals surface area contributed by atoms with Crippen molar-refractivity contribution in [3.8, 4) is 0 Å². The fourth-order valence-corrected chi connectivity index (χ4v) is 4.60. The fraction of sp³-hybridized carbons (Fsp3) is 0.500. The molecule has 3 heterocycles. The van der Waals surface area contributed by atoms with Crippen LogP contribution in [0.3, 0.4) is 0 Å². The molecule has 7 nitrogen and oxygen atoms in total. The van der Waals surface area contributed by atoms with Crippen molar-refractivity contribution in [1.29, 1.82) is 0 Å². The van der Waals surface area contributed by atoms with E-state index in [4.69, 9.17) is 4.74 Å². The zero-order chi connectivity index (χ0) is 17.9. The SMILES string of the molecule is COCCN1C(=O)[C@@H]2[C@H](C)N[C@]3(C(=O)Nc4c(C)cccc43)[C@@H]2C1=O. The summed E-state index contributed by atoms with van der Waals surface area (Å²) < 4.78 is 5.02. The molecule has 25 heavy (non-hydrogen) atoms. The Morgan fingerprint density at radius 3 is 2.72 bits per heavy atom. The number of hydrogen-bond acceptors (Lipinski definition) is 5. The van der Waals surface area contributed by atoms with E-state index in [1.807, 2.05) is 32.0 Å². The van der Waals surface area contributed by atoms with Gasteiger partial charge in [0.05, 0.1) is 25.0 Å². The molecule has 0 unspecified atom stereocenters. The van der Waals surface area contributed by atoms with Crippen LogP contribution >= 0.6 is 0 Å². The van der Waals surface area contributed by atoms with Crippen LogP contribution in [0.1, 0.15) is 18.1 Å². The predicted octanol–water partition coefficient (Wildman–Crippen LogP) is 0.382. The van der Waals surface area contributed by atoms with Crippen LogP contribution in [0.15, 0.2) is 18.2 Å². The van der Waals surface area contributed by atoms with Gasteiger partial charge in [0.25, 0.3) is 0 Å². The van der Waals surface area contributed by atoms with Gasteiger partial charge in [-0.1, -0.05) is 18.2 Å². The second kappa shape index (κ2) is 5.37. The normalized spacial score (nSPS) is 33.2. The van der Waals surface area contributed by atoms with Crippen molar-refractivity contribution in [3.05, 3.63) is 29.3 Å². The number of benzene rings is 1. The fourth-order valence-electron chi connectivity index (χ4n) is 4.60. The van der Waals surface area contributed by atoms with Gasteiger partial charge in [-0.2, -0.15) is 0 Å². The molecule has 3 amide bonds. The van der Waals surface area contributed by atoms with E-state index in [1.54, 1.807) is 0 Å². The maximum Gasteiger partial charge on any atom is 0.250 e. The van der Waals surface area contributed by atoms with Crippen molar-refractivity contribution in [3.63, 3.8) is 0 Å². The Kier molecular flexibility index (Phi) is 3.49. The third-order valence-corrected chi connectivity index (χ3v) is 5.72. The minimum absolute atomic E-state index is 0.215. The van der Waals surface area contributed by atoms with Gasteiger partial charge in [-0.05, 0) is 19.4 Å². The lowest BCUT2D eigenvalue weighted by Crippen LogP contribution is -2.53. The minimum Gasteiger partial charge on any atom is -0.383 e. The predicted molar refractivity (Wildman–Crippen MR) is 89.7 cm³/mol. The van der Waals surface area contributed by atoms with Gasteiger partial charge in [-0.25, -0.2) is 0 Å². The van der Waals surface area contributed by atoms with Crippen LogP contribution < -0.4 is 10.6 Å². The number of ether oxygens (including phenoxy) is 1. The molecule has 0 saturated carbocycles. The smallest absolute Gasteiger partial charge is 0.250 e. The molecule has 2 saturated heterocycles. The van der Waals surface area contributed by atoms with Crippen molar-refractivity contribution in [2.75, 3.05) is 25.6 Å². The van der Waals surface area contributed by atoms with Gasteiger partial charge in [0.15, 0.2) is 0 Å². The average molecular weight is 343 g/mol. The average Bonchev–Trinajstić information content (AvgIpc) is 3.13. The van der Waals surface area contributed by atoms with Crippen LogP contribution in [0.25, 0.3) is 0 Å². The van der Waals surface area contributed by atoms with Gasteiger partial charge in [-0.15, -0.1) is 0 Å². The number of carbonyl (C=O) groups excluding carboxylic acids is 3. The second-order valence-corrected chi connectivity index (χ2v) is 7.02. The first-order chi connectivity index (χ1) is 11.9. The standard InChI is InChI=1S/C18H21N3O4/c1-9-5-4-6-11-14(9)19-17(24)18(11)13-12(10(2)20-18)15(22)21(16(13)23)7-8-25-3/h4-6,10,12-13,20H,7-8H2,1-3H3,(H,19,24)/t10-,12+,13-,18-/m0/s1. The Morgan fingerprint density at radius 2 is 2.00 bits per heavy atom. The molecule has 0 radical (unpaired) electrons. The number of anilines is 1. The highest BCUT2D eigenvalue weighted by Crippen LogP contribution is 2.53. The number of nitrogens with one attached hydrogen (secondary N) is 2. The molecule has 0 aromatic heterocycles. The molecule has 7 heteroatoms. The third-order valence-electron chi connectivity index (χ3n) is 5.72. The number of carbonyl (C=O) groups is 3. The van der Waals surface area contributed by atoms with Gasteiger partial charge in [0, 0.05) is 24.4 Å². The zero-order valence-corrected chi connectivity index (χ0v) is 14.5. The van der Waals surface area contributed by atoms with Crippen molar-refractivity contribution in [2.45, 2.75) is 25.4 Å². The zero-order valence-electron chi connectivity index (χ0n) is 14.5. The van der Waals surface area contributed by atoms with Crippen LogP contribution in [-0.4, -0.2) is 48.9 Å². The number of nitrogens with zero attached hydrogens (tertiary/aromatic N) is 1. The summed E-state index contributed by atoms with van der Waals surface area (Å²) in [5, 5.41) is 6.21. The summed E-state index contributed by atoms with van der Waals surface area (Å²) in [5.41, 5.74) is 1.25. The van der Waals surface area contributed by atoms with E-state index in [-0.39, 0.29) is 36.9 Å².